The quantitative estimate of drug-likeness (QED) is 0.0360. The second kappa shape index (κ2) is 109. The Balaban J connectivity index is 3.10. The zero-order chi connectivity index (χ0) is 79.8. The molecule has 0 spiro atoms. The third-order valence-corrected chi connectivity index (χ3v) is 13.5. The number of azide groups is 1. The highest BCUT2D eigenvalue weighted by atomic mass is 16.6. The maximum Gasteiger partial charge on any atom is 0.0701 e. The Kier molecular flexibility index (Phi) is 107. The summed E-state index contributed by atoms with van der Waals surface area (Å²) in [7, 11) is 1.64. The SMILES string of the molecule is COCCOCCOCCOCCOCCOCCOCCOCCOCCOCCOCCOCCOCCOCCOCCOCCOCCOCCOCCOCCOCCOCCOCCOCCOCCOCCOCCOCCOCCOCCOCCOCCOCCOCCOCCOCCN=[N+]=[N-]. The van der Waals surface area contributed by atoms with Gasteiger partial charge in [0.15, 0.2) is 0 Å². The normalized spacial score (nSPS) is 11.7. The van der Waals surface area contributed by atoms with Crippen LogP contribution in [0.15, 0.2) is 5.11 Å². The topological polar surface area (TPSA) is 381 Å². The average Bonchev–Trinajstić information content (AvgIpc) is 3.05. The molecule has 39 heteroatoms. The number of hydrogen-bond donors (Lipinski definition) is 0. The van der Waals surface area contributed by atoms with Gasteiger partial charge in [0.2, 0.25) is 0 Å². The smallest absolute Gasteiger partial charge is 0.0701 e. The number of rotatable bonds is 108. The molecule has 0 amide bonds. The first-order valence-corrected chi connectivity index (χ1v) is 39.6. The van der Waals surface area contributed by atoms with E-state index >= 15 is 0 Å². The second-order valence-electron chi connectivity index (χ2n) is 22.4. The van der Waals surface area contributed by atoms with E-state index in [-0.39, 0.29) is 0 Å². The summed E-state index contributed by atoms with van der Waals surface area (Å²) in [5.74, 6) is 0. The summed E-state index contributed by atoms with van der Waals surface area (Å²) >= 11 is 0. The predicted octanol–water partition coefficient (Wildman–Crippen LogP) is 1.52. The van der Waals surface area contributed by atoms with Gasteiger partial charge >= 0.3 is 0 Å². The highest BCUT2D eigenvalue weighted by Crippen LogP contribution is 1.95. The summed E-state index contributed by atoms with van der Waals surface area (Å²) in [6, 6.07) is 0. The highest BCUT2D eigenvalue weighted by molar-refractivity contribution is 4.48. The van der Waals surface area contributed by atoms with Gasteiger partial charge in [0, 0.05) is 18.6 Å². The second-order valence-corrected chi connectivity index (χ2v) is 22.4. The van der Waals surface area contributed by atoms with Crippen LogP contribution in [0, 0.1) is 0 Å². The Morgan fingerprint density at radius 2 is 0.196 bits per heavy atom. The van der Waals surface area contributed by atoms with E-state index in [1.807, 2.05) is 0 Å². The van der Waals surface area contributed by atoms with Gasteiger partial charge < -0.3 is 171 Å². The fourth-order valence-electron chi connectivity index (χ4n) is 7.87. The third kappa shape index (κ3) is 108. The summed E-state index contributed by atoms with van der Waals surface area (Å²) in [4.78, 5) is 2.65. The molecule has 0 saturated carbocycles. The minimum atomic E-state index is 0.318. The first-order valence-electron chi connectivity index (χ1n) is 39.6. The molecule has 0 atom stereocenters. The van der Waals surface area contributed by atoms with Gasteiger partial charge in [-0.3, -0.25) is 0 Å². The Morgan fingerprint density at radius 1 is 0.125 bits per heavy atom. The molecule has 39 nitrogen and oxygen atoms in total. The minimum Gasteiger partial charge on any atom is -0.382 e. The number of hydrogen-bond acceptors (Lipinski definition) is 37. The van der Waals surface area contributed by atoms with Gasteiger partial charge in [-0.05, 0) is 5.53 Å². The van der Waals surface area contributed by atoms with Crippen LogP contribution in [0.5, 0.6) is 0 Å². The number of ether oxygens (including phenoxy) is 36. The number of methoxy groups -OCH3 is 1. The van der Waals surface area contributed by atoms with Crippen molar-refractivity contribution >= 4 is 0 Å². The highest BCUT2D eigenvalue weighted by Gasteiger charge is 2.04. The zero-order valence-corrected chi connectivity index (χ0v) is 68.0. The molecule has 0 aliphatic rings. The molecule has 0 rings (SSSR count). The van der Waals surface area contributed by atoms with Crippen LogP contribution in [0.4, 0.5) is 0 Å². The molecular formula is C73H147N3O36. The van der Waals surface area contributed by atoms with Crippen molar-refractivity contribution in [2.75, 3.05) is 483 Å². The molecule has 0 unspecified atom stereocenters. The van der Waals surface area contributed by atoms with Crippen LogP contribution >= 0.6 is 0 Å². The van der Waals surface area contributed by atoms with Gasteiger partial charge in [-0.25, -0.2) is 0 Å². The van der Waals surface area contributed by atoms with Crippen LogP contribution < -0.4 is 0 Å². The lowest BCUT2D eigenvalue weighted by Gasteiger charge is -2.09. The van der Waals surface area contributed by atoms with Gasteiger partial charge in [-0.15, -0.1) is 0 Å². The maximum atomic E-state index is 8.18. The molecule has 0 heterocycles. The molecule has 670 valence electrons. The van der Waals surface area contributed by atoms with Gasteiger partial charge in [-0.2, -0.15) is 0 Å². The molecule has 0 aliphatic carbocycles. The molecule has 0 saturated heterocycles. The van der Waals surface area contributed by atoms with Crippen molar-refractivity contribution in [3.8, 4) is 0 Å². The van der Waals surface area contributed by atoms with E-state index in [0.717, 1.165) is 0 Å². The summed E-state index contributed by atoms with van der Waals surface area (Å²) in [5, 5.41) is 3.38. The largest absolute Gasteiger partial charge is 0.382 e. The summed E-state index contributed by atoms with van der Waals surface area (Å²) in [6.45, 7) is 34.7. The minimum absolute atomic E-state index is 0.318. The number of nitrogens with zero attached hydrogens (tertiary/aromatic N) is 3. The lowest BCUT2D eigenvalue weighted by molar-refractivity contribution is -0.0327. The monoisotopic (exact) mass is 1640 g/mol. The standard InChI is InChI=1S/C73H147N3O36/c1-77-4-5-79-8-9-81-12-13-83-16-17-85-20-21-87-24-25-89-28-29-91-32-33-93-36-37-95-40-41-97-44-45-99-48-49-101-52-53-103-56-57-105-60-61-107-64-65-109-68-69-111-72-73-112-71-70-110-67-66-108-63-62-106-59-58-104-55-54-102-51-50-100-47-46-98-43-42-96-39-38-94-35-34-92-31-30-90-27-26-88-23-22-86-19-18-84-15-14-82-11-10-80-7-6-78-3-2-75-76-74/h2-73H2,1H3. The van der Waals surface area contributed by atoms with E-state index in [2.05, 4.69) is 10.0 Å². The van der Waals surface area contributed by atoms with Crippen LogP contribution in [-0.4, -0.2) is 483 Å². The van der Waals surface area contributed by atoms with Crippen molar-refractivity contribution in [2.45, 2.75) is 0 Å². The maximum absolute atomic E-state index is 8.18. The molecular weight excluding hydrogens is 1490 g/mol. The van der Waals surface area contributed by atoms with E-state index < -0.39 is 0 Å². The van der Waals surface area contributed by atoms with Crippen LogP contribution in [0.3, 0.4) is 0 Å². The van der Waals surface area contributed by atoms with Crippen molar-refractivity contribution in [1.82, 2.24) is 0 Å². The zero-order valence-electron chi connectivity index (χ0n) is 68.0. The molecule has 0 radical (unpaired) electrons. The van der Waals surface area contributed by atoms with E-state index in [9.17, 15) is 0 Å². The van der Waals surface area contributed by atoms with E-state index in [1.54, 1.807) is 7.11 Å². The molecule has 0 aromatic rings. The summed E-state index contributed by atoms with van der Waals surface area (Å²) < 4.78 is 197. The van der Waals surface area contributed by atoms with Crippen LogP contribution in [-0.2, 0) is 171 Å². The molecule has 0 aliphatic heterocycles. The van der Waals surface area contributed by atoms with E-state index in [4.69, 9.17) is 176 Å². The van der Waals surface area contributed by atoms with Crippen molar-refractivity contribution in [3.05, 3.63) is 10.4 Å². The van der Waals surface area contributed by atoms with Crippen molar-refractivity contribution < 1.29 is 171 Å². The van der Waals surface area contributed by atoms with Gasteiger partial charge in [0.25, 0.3) is 0 Å². The van der Waals surface area contributed by atoms with Crippen molar-refractivity contribution in [1.29, 1.82) is 0 Å². The van der Waals surface area contributed by atoms with Gasteiger partial charge in [0.1, 0.15) is 0 Å². The fourth-order valence-corrected chi connectivity index (χ4v) is 7.87. The molecule has 0 N–H and O–H groups in total. The molecule has 112 heavy (non-hydrogen) atoms. The van der Waals surface area contributed by atoms with Crippen LogP contribution in [0.2, 0.25) is 0 Å². The van der Waals surface area contributed by atoms with Crippen LogP contribution in [0.1, 0.15) is 0 Å². The van der Waals surface area contributed by atoms with Crippen molar-refractivity contribution in [3.63, 3.8) is 0 Å². The summed E-state index contributed by atoms with van der Waals surface area (Å²) in [5.41, 5.74) is 8.18. The van der Waals surface area contributed by atoms with Crippen molar-refractivity contribution in [2.24, 2.45) is 5.11 Å². The first kappa shape index (κ1) is 110. The first-order chi connectivity index (χ1) is 55.9. The molecule has 0 fully saturated rings. The fraction of sp³-hybridized carbons (Fsp3) is 1.00. The lowest BCUT2D eigenvalue weighted by atomic mass is 10.6. The molecule has 0 bridgehead atoms. The lowest BCUT2D eigenvalue weighted by Crippen LogP contribution is -2.16. The van der Waals surface area contributed by atoms with E-state index in [0.29, 0.717) is 476 Å². The Labute approximate surface area is 666 Å². The Hall–Kier alpha value is -2.13. The molecule has 0 aromatic heterocycles. The van der Waals surface area contributed by atoms with Gasteiger partial charge in [-0.1, -0.05) is 5.11 Å². The predicted molar refractivity (Wildman–Crippen MR) is 405 cm³/mol. The Bertz CT molecular complexity index is 1670. The van der Waals surface area contributed by atoms with Crippen LogP contribution in [0.25, 0.3) is 10.4 Å². The third-order valence-electron chi connectivity index (χ3n) is 13.5. The van der Waals surface area contributed by atoms with E-state index in [1.165, 1.54) is 0 Å². The Morgan fingerprint density at radius 3 is 0.268 bits per heavy atom. The molecule has 0 aromatic carbocycles. The summed E-state index contributed by atoms with van der Waals surface area (Å²) in [6.07, 6.45) is 0. The average molecular weight is 1640 g/mol. The van der Waals surface area contributed by atoms with Gasteiger partial charge in [0.05, 0.1) is 469 Å².